The first-order chi connectivity index (χ1) is 9.67. The number of pyridine rings is 1. The Hall–Kier alpha value is -1.09. The third kappa shape index (κ3) is 6.38. The van der Waals surface area contributed by atoms with E-state index in [-0.39, 0.29) is 0 Å². The van der Waals surface area contributed by atoms with Crippen molar-refractivity contribution in [1.82, 2.24) is 4.98 Å². The molecule has 0 unspecified atom stereocenters. The van der Waals surface area contributed by atoms with E-state index in [9.17, 15) is 0 Å². The Balaban J connectivity index is 2.37. The van der Waals surface area contributed by atoms with Crippen molar-refractivity contribution in [3.8, 4) is 5.88 Å². The van der Waals surface area contributed by atoms with Crippen LogP contribution in [0, 0.1) is 0 Å². The first-order valence-electron chi connectivity index (χ1n) is 8.01. The van der Waals surface area contributed by atoms with Gasteiger partial charge in [-0.3, -0.25) is 0 Å². The SMILES string of the molecule is CCCCCCCCOc1cc(CN)cc(C(C)C)n1. The second-order valence-corrected chi connectivity index (χ2v) is 5.71. The van der Waals surface area contributed by atoms with E-state index in [0.29, 0.717) is 12.5 Å². The summed E-state index contributed by atoms with van der Waals surface area (Å²) in [7, 11) is 0. The molecule has 0 radical (unpaired) electrons. The van der Waals surface area contributed by atoms with Gasteiger partial charge in [0.05, 0.1) is 6.61 Å². The van der Waals surface area contributed by atoms with Crippen molar-refractivity contribution in [3.63, 3.8) is 0 Å². The topological polar surface area (TPSA) is 48.1 Å². The van der Waals surface area contributed by atoms with Gasteiger partial charge in [0.25, 0.3) is 0 Å². The minimum absolute atomic E-state index is 0.401. The molecule has 0 aliphatic rings. The van der Waals surface area contributed by atoms with Gasteiger partial charge in [-0.25, -0.2) is 4.98 Å². The van der Waals surface area contributed by atoms with Crippen molar-refractivity contribution >= 4 is 0 Å². The zero-order valence-corrected chi connectivity index (χ0v) is 13.3. The number of rotatable bonds is 10. The normalized spacial score (nSPS) is 11.1. The van der Waals surface area contributed by atoms with Gasteiger partial charge >= 0.3 is 0 Å². The zero-order chi connectivity index (χ0) is 14.8. The molecule has 0 aliphatic carbocycles. The summed E-state index contributed by atoms with van der Waals surface area (Å²) in [6.07, 6.45) is 7.64. The molecule has 0 amide bonds. The molecule has 1 aromatic heterocycles. The van der Waals surface area contributed by atoms with Crippen LogP contribution in [-0.2, 0) is 6.54 Å². The van der Waals surface area contributed by atoms with Gasteiger partial charge in [-0.05, 0) is 24.0 Å². The van der Waals surface area contributed by atoms with E-state index in [1.165, 1.54) is 32.1 Å². The molecule has 1 heterocycles. The molecule has 0 atom stereocenters. The van der Waals surface area contributed by atoms with Gasteiger partial charge in [0.2, 0.25) is 5.88 Å². The number of nitrogens with zero attached hydrogens (tertiary/aromatic N) is 1. The molecule has 0 aromatic carbocycles. The summed E-state index contributed by atoms with van der Waals surface area (Å²) in [5, 5.41) is 0. The Morgan fingerprint density at radius 1 is 1.10 bits per heavy atom. The van der Waals surface area contributed by atoms with Gasteiger partial charge in [-0.2, -0.15) is 0 Å². The van der Waals surface area contributed by atoms with Crippen molar-refractivity contribution in [2.45, 2.75) is 71.8 Å². The first kappa shape index (κ1) is 17.0. The quantitative estimate of drug-likeness (QED) is 0.645. The predicted molar refractivity (Wildman–Crippen MR) is 85.1 cm³/mol. The van der Waals surface area contributed by atoms with Crippen LogP contribution < -0.4 is 10.5 Å². The van der Waals surface area contributed by atoms with Gasteiger partial charge in [0.1, 0.15) is 0 Å². The van der Waals surface area contributed by atoms with Crippen LogP contribution in [0.15, 0.2) is 12.1 Å². The van der Waals surface area contributed by atoms with Crippen LogP contribution in [0.5, 0.6) is 5.88 Å². The molecule has 0 saturated heterocycles. The average molecular weight is 278 g/mol. The number of ether oxygens (including phenoxy) is 1. The Bertz CT molecular complexity index is 377. The zero-order valence-electron chi connectivity index (χ0n) is 13.3. The molecule has 3 heteroatoms. The summed E-state index contributed by atoms with van der Waals surface area (Å²) in [4.78, 5) is 4.55. The molecule has 1 rings (SSSR count). The molecular formula is C17H30N2O. The number of nitrogens with two attached hydrogens (primary N) is 1. The number of unbranched alkanes of at least 4 members (excludes halogenated alkanes) is 5. The highest BCUT2D eigenvalue weighted by molar-refractivity contribution is 5.26. The maximum absolute atomic E-state index is 5.78. The smallest absolute Gasteiger partial charge is 0.213 e. The molecule has 0 saturated carbocycles. The van der Waals surface area contributed by atoms with Gasteiger partial charge in [0, 0.05) is 18.3 Å². The molecule has 20 heavy (non-hydrogen) atoms. The number of aromatic nitrogens is 1. The van der Waals surface area contributed by atoms with Crippen LogP contribution in [-0.4, -0.2) is 11.6 Å². The third-order valence-electron chi connectivity index (χ3n) is 3.46. The fourth-order valence-electron chi connectivity index (χ4n) is 2.13. The highest BCUT2D eigenvalue weighted by Crippen LogP contribution is 2.19. The van der Waals surface area contributed by atoms with Crippen molar-refractivity contribution in [1.29, 1.82) is 0 Å². The van der Waals surface area contributed by atoms with Crippen molar-refractivity contribution < 1.29 is 4.74 Å². The largest absolute Gasteiger partial charge is 0.478 e. The Morgan fingerprint density at radius 2 is 1.80 bits per heavy atom. The Kier molecular flexibility index (Phi) is 8.28. The van der Waals surface area contributed by atoms with Gasteiger partial charge in [-0.15, -0.1) is 0 Å². The number of hydrogen-bond acceptors (Lipinski definition) is 3. The van der Waals surface area contributed by atoms with Gasteiger partial charge in [0.15, 0.2) is 0 Å². The molecule has 114 valence electrons. The summed E-state index contributed by atoms with van der Waals surface area (Å²) in [6.45, 7) is 7.81. The lowest BCUT2D eigenvalue weighted by Gasteiger charge is -2.11. The van der Waals surface area contributed by atoms with Gasteiger partial charge in [-0.1, -0.05) is 52.9 Å². The van der Waals surface area contributed by atoms with E-state index in [2.05, 4.69) is 31.8 Å². The predicted octanol–water partition coefficient (Wildman–Crippen LogP) is 4.40. The molecular weight excluding hydrogens is 248 g/mol. The van der Waals surface area contributed by atoms with Crippen LogP contribution in [0.1, 0.15) is 76.5 Å². The van der Waals surface area contributed by atoms with Crippen LogP contribution >= 0.6 is 0 Å². The van der Waals surface area contributed by atoms with Crippen LogP contribution in [0.4, 0.5) is 0 Å². The second-order valence-electron chi connectivity index (χ2n) is 5.71. The average Bonchev–Trinajstić information content (AvgIpc) is 2.46. The maximum Gasteiger partial charge on any atom is 0.213 e. The van der Waals surface area contributed by atoms with Crippen molar-refractivity contribution in [2.75, 3.05) is 6.61 Å². The van der Waals surface area contributed by atoms with Gasteiger partial charge < -0.3 is 10.5 Å². The minimum atomic E-state index is 0.401. The molecule has 1 aromatic rings. The summed E-state index contributed by atoms with van der Waals surface area (Å²) < 4.78 is 5.78. The summed E-state index contributed by atoms with van der Waals surface area (Å²) in [6, 6.07) is 4.03. The van der Waals surface area contributed by atoms with Crippen molar-refractivity contribution in [3.05, 3.63) is 23.4 Å². The summed E-state index contributed by atoms with van der Waals surface area (Å²) in [5.74, 6) is 1.13. The summed E-state index contributed by atoms with van der Waals surface area (Å²) >= 11 is 0. The molecule has 0 spiro atoms. The highest BCUT2D eigenvalue weighted by Gasteiger charge is 2.06. The lowest BCUT2D eigenvalue weighted by Crippen LogP contribution is -2.05. The number of hydrogen-bond donors (Lipinski definition) is 1. The minimum Gasteiger partial charge on any atom is -0.478 e. The fourth-order valence-corrected chi connectivity index (χ4v) is 2.13. The first-order valence-corrected chi connectivity index (χ1v) is 8.01. The monoisotopic (exact) mass is 278 g/mol. The van der Waals surface area contributed by atoms with Crippen LogP contribution in [0.25, 0.3) is 0 Å². The van der Waals surface area contributed by atoms with Crippen molar-refractivity contribution in [2.24, 2.45) is 5.73 Å². The highest BCUT2D eigenvalue weighted by atomic mass is 16.5. The third-order valence-corrected chi connectivity index (χ3v) is 3.46. The Morgan fingerprint density at radius 3 is 2.45 bits per heavy atom. The molecule has 3 nitrogen and oxygen atoms in total. The van der Waals surface area contributed by atoms with E-state index in [1.807, 2.05) is 6.07 Å². The lowest BCUT2D eigenvalue weighted by molar-refractivity contribution is 0.292. The molecule has 0 aliphatic heterocycles. The van der Waals surface area contributed by atoms with Crippen LogP contribution in [0.2, 0.25) is 0 Å². The second kappa shape index (κ2) is 9.76. The van der Waals surface area contributed by atoms with E-state index in [1.54, 1.807) is 0 Å². The van der Waals surface area contributed by atoms with Crippen LogP contribution in [0.3, 0.4) is 0 Å². The lowest BCUT2D eigenvalue weighted by atomic mass is 10.1. The standard InChI is InChI=1S/C17H30N2O/c1-4-5-6-7-8-9-10-20-17-12-15(13-18)11-16(19-17)14(2)3/h11-12,14H,4-10,13,18H2,1-3H3. The molecule has 2 N–H and O–H groups in total. The molecule has 0 fully saturated rings. The Labute approximate surface area is 123 Å². The van der Waals surface area contributed by atoms with E-state index < -0.39 is 0 Å². The van der Waals surface area contributed by atoms with E-state index in [0.717, 1.165) is 30.2 Å². The van der Waals surface area contributed by atoms with E-state index >= 15 is 0 Å². The maximum atomic E-state index is 5.78. The summed E-state index contributed by atoms with van der Waals surface area (Å²) in [5.41, 5.74) is 7.89. The fraction of sp³-hybridized carbons (Fsp3) is 0.706. The van der Waals surface area contributed by atoms with E-state index in [4.69, 9.17) is 10.5 Å². The molecule has 0 bridgehead atoms.